The Hall–Kier alpha value is -3.94. The summed E-state index contributed by atoms with van der Waals surface area (Å²) in [6, 6.07) is 21.9. The largest absolute Gasteiger partial charge is 0.489 e. The molecule has 0 heterocycles. The van der Waals surface area contributed by atoms with Crippen LogP contribution in [0.25, 0.3) is 0 Å². The van der Waals surface area contributed by atoms with E-state index in [0.29, 0.717) is 5.75 Å². The summed E-state index contributed by atoms with van der Waals surface area (Å²) in [7, 11) is 0. The van der Waals surface area contributed by atoms with Crippen molar-refractivity contribution in [3.63, 3.8) is 0 Å². The minimum atomic E-state index is -5.69. The fourth-order valence-corrected chi connectivity index (χ4v) is 4.15. The van der Waals surface area contributed by atoms with Gasteiger partial charge < -0.3 is 9.47 Å². The lowest BCUT2D eigenvalue weighted by molar-refractivity contribution is -0.288. The van der Waals surface area contributed by atoms with Crippen LogP contribution in [-0.2, 0) is 12.0 Å². The van der Waals surface area contributed by atoms with Crippen LogP contribution in [0.15, 0.2) is 97.1 Å². The second-order valence-corrected chi connectivity index (χ2v) is 8.98. The zero-order chi connectivity index (χ0) is 27.6. The number of halogens is 6. The van der Waals surface area contributed by atoms with Gasteiger partial charge in [-0.05, 0) is 66.9 Å². The molecule has 0 fully saturated rings. The molecule has 198 valence electrons. The maximum Gasteiger partial charge on any atom is 0.411 e. The molecule has 0 aliphatic rings. The molecule has 0 amide bonds. The van der Waals surface area contributed by atoms with Crippen LogP contribution in [0.4, 0.5) is 26.3 Å². The number of benzene rings is 4. The molecule has 0 aromatic heterocycles. The molecule has 0 N–H and O–H groups in total. The SMILES string of the molecule is Cc1ccc(COc2ccc(C(c3ccc(Oc4ccc(C)cc4)cc3)(C(F)(F)F)C(F)(F)F)cc2)cc1. The smallest absolute Gasteiger partial charge is 0.411 e. The molecule has 4 aromatic rings. The summed E-state index contributed by atoms with van der Waals surface area (Å²) in [5, 5.41) is 0. The highest BCUT2D eigenvalue weighted by Gasteiger charge is 2.72. The van der Waals surface area contributed by atoms with Crippen LogP contribution < -0.4 is 9.47 Å². The fraction of sp³-hybridized carbons (Fsp3) is 0.200. The van der Waals surface area contributed by atoms with E-state index in [0.717, 1.165) is 65.2 Å². The van der Waals surface area contributed by atoms with Crippen LogP contribution in [0.3, 0.4) is 0 Å². The first kappa shape index (κ1) is 27.1. The van der Waals surface area contributed by atoms with E-state index in [9.17, 15) is 26.3 Å². The Kier molecular flexibility index (Phi) is 7.44. The minimum absolute atomic E-state index is 0.107. The molecule has 0 aliphatic carbocycles. The molecular weight excluding hydrogens is 506 g/mol. The molecule has 2 nitrogen and oxygen atoms in total. The van der Waals surface area contributed by atoms with Gasteiger partial charge in [-0.3, -0.25) is 0 Å². The summed E-state index contributed by atoms with van der Waals surface area (Å²) in [5.74, 6) is 0.660. The van der Waals surface area contributed by atoms with Crippen LogP contribution >= 0.6 is 0 Å². The number of hydrogen-bond donors (Lipinski definition) is 0. The van der Waals surface area contributed by atoms with Crippen LogP contribution in [0, 0.1) is 13.8 Å². The van der Waals surface area contributed by atoms with Gasteiger partial charge in [0.1, 0.15) is 23.9 Å². The third-order valence-corrected chi connectivity index (χ3v) is 6.21. The zero-order valence-corrected chi connectivity index (χ0v) is 20.5. The average molecular weight is 531 g/mol. The molecule has 0 saturated heterocycles. The molecule has 4 rings (SSSR count). The van der Waals surface area contributed by atoms with E-state index in [4.69, 9.17) is 9.47 Å². The van der Waals surface area contributed by atoms with Gasteiger partial charge in [0.05, 0.1) is 0 Å². The summed E-state index contributed by atoms with van der Waals surface area (Å²) in [6.07, 6.45) is -11.4. The molecule has 0 atom stereocenters. The first-order valence-electron chi connectivity index (χ1n) is 11.7. The number of alkyl halides is 6. The van der Waals surface area contributed by atoms with Gasteiger partial charge in [0.2, 0.25) is 5.41 Å². The van der Waals surface area contributed by atoms with Gasteiger partial charge in [-0.2, -0.15) is 26.3 Å². The van der Waals surface area contributed by atoms with Crippen LogP contribution in [0.2, 0.25) is 0 Å². The van der Waals surface area contributed by atoms with Crippen molar-refractivity contribution in [2.24, 2.45) is 0 Å². The van der Waals surface area contributed by atoms with E-state index in [1.165, 1.54) is 0 Å². The van der Waals surface area contributed by atoms with E-state index in [2.05, 4.69) is 0 Å². The molecule has 4 aromatic carbocycles. The van der Waals surface area contributed by atoms with E-state index in [-0.39, 0.29) is 18.1 Å². The van der Waals surface area contributed by atoms with Gasteiger partial charge in [0.25, 0.3) is 0 Å². The number of aryl methyl sites for hydroxylation is 2. The summed E-state index contributed by atoms with van der Waals surface area (Å²) >= 11 is 0. The van der Waals surface area contributed by atoms with Crippen LogP contribution in [-0.4, -0.2) is 12.4 Å². The third kappa shape index (κ3) is 5.49. The van der Waals surface area contributed by atoms with Crippen LogP contribution in [0.5, 0.6) is 17.2 Å². The quantitative estimate of drug-likeness (QED) is 0.222. The first-order chi connectivity index (χ1) is 17.9. The molecule has 0 unspecified atom stereocenters. The van der Waals surface area contributed by atoms with Gasteiger partial charge in [-0.25, -0.2) is 0 Å². The summed E-state index contributed by atoms with van der Waals surface area (Å²) < 4.78 is 97.8. The first-order valence-corrected chi connectivity index (χ1v) is 11.7. The van der Waals surface area contributed by atoms with Gasteiger partial charge >= 0.3 is 12.4 Å². The average Bonchev–Trinajstić information content (AvgIpc) is 2.85. The van der Waals surface area contributed by atoms with Crippen molar-refractivity contribution in [1.29, 1.82) is 0 Å². The lowest BCUT2D eigenvalue weighted by atomic mass is 9.73. The van der Waals surface area contributed by atoms with E-state index < -0.39 is 28.9 Å². The normalized spacial score (nSPS) is 12.3. The monoisotopic (exact) mass is 530 g/mol. The maximum atomic E-state index is 14.4. The Morgan fingerprint density at radius 3 is 1.29 bits per heavy atom. The number of ether oxygens (including phenoxy) is 2. The third-order valence-electron chi connectivity index (χ3n) is 6.21. The Morgan fingerprint density at radius 1 is 0.500 bits per heavy atom. The predicted octanol–water partition coefficient (Wildman–Crippen LogP) is 9.09. The predicted molar refractivity (Wildman–Crippen MR) is 133 cm³/mol. The molecule has 0 saturated carbocycles. The van der Waals surface area contributed by atoms with Gasteiger partial charge in [-0.15, -0.1) is 0 Å². The van der Waals surface area contributed by atoms with E-state index >= 15 is 0 Å². The molecule has 8 heteroatoms. The van der Waals surface area contributed by atoms with Gasteiger partial charge in [0.15, 0.2) is 0 Å². The Morgan fingerprint density at radius 2 is 0.868 bits per heavy atom. The Bertz CT molecular complexity index is 1330. The molecule has 0 spiro atoms. The van der Waals surface area contributed by atoms with E-state index in [1.54, 1.807) is 24.3 Å². The van der Waals surface area contributed by atoms with Crippen molar-refractivity contribution in [2.75, 3.05) is 0 Å². The lowest BCUT2D eigenvalue weighted by Gasteiger charge is -2.38. The molecule has 0 aliphatic heterocycles. The van der Waals surface area contributed by atoms with Crippen molar-refractivity contribution >= 4 is 0 Å². The Labute approximate surface area is 216 Å². The molecular formula is C30H24F6O2. The van der Waals surface area contributed by atoms with Crippen molar-refractivity contribution in [1.82, 2.24) is 0 Å². The highest BCUT2D eigenvalue weighted by Crippen LogP contribution is 2.56. The summed E-state index contributed by atoms with van der Waals surface area (Å²) in [4.78, 5) is 0. The topological polar surface area (TPSA) is 18.5 Å². The lowest BCUT2D eigenvalue weighted by Crippen LogP contribution is -2.54. The van der Waals surface area contributed by atoms with Crippen LogP contribution in [0.1, 0.15) is 27.8 Å². The standard InChI is InChI=1S/C30H24F6O2/c1-20-3-7-22(8-4-20)19-37-25-15-9-23(10-16-25)28(29(31,32)33,30(34,35)36)24-11-17-27(18-12-24)38-26-13-5-21(2)6-14-26/h3-18H,19H2,1-2H3. The Balaban J connectivity index is 1.66. The highest BCUT2D eigenvalue weighted by molar-refractivity contribution is 5.47. The molecule has 0 bridgehead atoms. The number of hydrogen-bond acceptors (Lipinski definition) is 2. The summed E-state index contributed by atoms with van der Waals surface area (Å²) in [5.41, 5.74) is -3.36. The molecule has 0 radical (unpaired) electrons. The van der Waals surface area contributed by atoms with Gasteiger partial charge in [0, 0.05) is 0 Å². The summed E-state index contributed by atoms with van der Waals surface area (Å²) in [6.45, 7) is 3.91. The molecule has 38 heavy (non-hydrogen) atoms. The second kappa shape index (κ2) is 10.4. The second-order valence-electron chi connectivity index (χ2n) is 8.98. The minimum Gasteiger partial charge on any atom is -0.489 e. The van der Waals surface area contributed by atoms with Crippen molar-refractivity contribution in [2.45, 2.75) is 38.2 Å². The van der Waals surface area contributed by atoms with Crippen molar-refractivity contribution in [3.05, 3.63) is 125 Å². The van der Waals surface area contributed by atoms with Crippen molar-refractivity contribution < 1.29 is 35.8 Å². The zero-order valence-electron chi connectivity index (χ0n) is 20.5. The van der Waals surface area contributed by atoms with E-state index in [1.807, 2.05) is 38.1 Å². The number of rotatable bonds is 7. The van der Waals surface area contributed by atoms with Gasteiger partial charge in [-0.1, -0.05) is 71.8 Å². The maximum absolute atomic E-state index is 14.4. The highest BCUT2D eigenvalue weighted by atomic mass is 19.4. The fourth-order valence-electron chi connectivity index (χ4n) is 4.15. The van der Waals surface area contributed by atoms with Crippen molar-refractivity contribution in [3.8, 4) is 17.2 Å².